The maximum absolute atomic E-state index is 9.11. The van der Waals surface area contributed by atoms with Crippen molar-refractivity contribution >= 4 is 17.4 Å². The number of pyridine rings is 1. The highest BCUT2D eigenvalue weighted by molar-refractivity contribution is 6.31. The largest absolute Gasteiger partial charge is 0.349 e. The summed E-state index contributed by atoms with van der Waals surface area (Å²) in [7, 11) is 0. The molecule has 2 aromatic rings. The van der Waals surface area contributed by atoms with Crippen LogP contribution >= 0.6 is 11.6 Å². The number of aromatic nitrogens is 1. The zero-order chi connectivity index (χ0) is 14.8. The van der Waals surface area contributed by atoms with Crippen molar-refractivity contribution in [3.8, 4) is 6.07 Å². The summed E-state index contributed by atoms with van der Waals surface area (Å²) in [5.41, 5.74) is 3.07. The van der Waals surface area contributed by atoms with E-state index in [4.69, 9.17) is 16.9 Å². The number of benzene rings is 1. The highest BCUT2D eigenvalue weighted by Gasteiger charge is 2.27. The van der Waals surface area contributed by atoms with Crippen molar-refractivity contribution in [3.05, 3.63) is 58.2 Å². The molecule has 0 saturated carbocycles. The van der Waals surface area contributed by atoms with Gasteiger partial charge in [0.15, 0.2) is 5.69 Å². The van der Waals surface area contributed by atoms with E-state index < -0.39 is 0 Å². The Morgan fingerprint density at radius 2 is 2.14 bits per heavy atom. The van der Waals surface area contributed by atoms with Gasteiger partial charge >= 0.3 is 0 Å². The van der Waals surface area contributed by atoms with Crippen LogP contribution in [0.15, 0.2) is 36.4 Å². The van der Waals surface area contributed by atoms with Crippen molar-refractivity contribution in [2.45, 2.75) is 25.8 Å². The number of nitrogens with zero attached hydrogens (tertiary/aromatic N) is 3. The average Bonchev–Trinajstić information content (AvgIpc) is 2.54. The third-order valence-electron chi connectivity index (χ3n) is 4.03. The van der Waals surface area contributed by atoms with Gasteiger partial charge in [0.05, 0.1) is 11.1 Å². The molecule has 1 atom stereocenters. The lowest BCUT2D eigenvalue weighted by Crippen LogP contribution is -2.35. The predicted octanol–water partition coefficient (Wildman–Crippen LogP) is 4.12. The van der Waals surface area contributed by atoms with Crippen LogP contribution in [-0.2, 0) is 6.42 Å². The fourth-order valence-corrected chi connectivity index (χ4v) is 3.18. The number of hydrogen-bond acceptors (Lipinski definition) is 3. The lowest BCUT2D eigenvalue weighted by molar-refractivity contribution is 0.562. The van der Waals surface area contributed by atoms with E-state index in [0.717, 1.165) is 25.2 Å². The molecular formula is C17H16ClN3. The van der Waals surface area contributed by atoms with Crippen LogP contribution < -0.4 is 4.90 Å². The first-order valence-corrected chi connectivity index (χ1v) is 7.53. The van der Waals surface area contributed by atoms with Crippen LogP contribution in [-0.4, -0.2) is 11.5 Å². The van der Waals surface area contributed by atoms with E-state index in [1.54, 1.807) is 6.07 Å². The van der Waals surface area contributed by atoms with Crippen molar-refractivity contribution < 1.29 is 0 Å². The van der Waals surface area contributed by atoms with Crippen molar-refractivity contribution in [2.24, 2.45) is 0 Å². The van der Waals surface area contributed by atoms with Gasteiger partial charge in [-0.1, -0.05) is 42.8 Å². The van der Waals surface area contributed by atoms with E-state index in [1.807, 2.05) is 6.07 Å². The second-order valence-corrected chi connectivity index (χ2v) is 5.59. The Morgan fingerprint density at radius 3 is 2.90 bits per heavy atom. The van der Waals surface area contributed by atoms with Crippen LogP contribution in [0.4, 0.5) is 5.82 Å². The molecule has 1 unspecified atom stereocenters. The van der Waals surface area contributed by atoms with E-state index in [9.17, 15) is 0 Å². The highest BCUT2D eigenvalue weighted by atomic mass is 35.5. The number of anilines is 1. The molecule has 3 rings (SSSR count). The van der Waals surface area contributed by atoms with Gasteiger partial charge in [-0.15, -0.1) is 0 Å². The van der Waals surface area contributed by atoms with E-state index in [2.05, 4.69) is 47.1 Å². The molecule has 4 heteroatoms. The lowest BCUT2D eigenvalue weighted by atomic mass is 9.91. The number of halogens is 1. The summed E-state index contributed by atoms with van der Waals surface area (Å²) in [6, 6.07) is 14.6. The second-order valence-electron chi connectivity index (χ2n) is 5.18. The fourth-order valence-electron chi connectivity index (χ4n) is 3.04. The van der Waals surface area contributed by atoms with Crippen LogP contribution in [0.25, 0.3) is 0 Å². The molecule has 0 bridgehead atoms. The lowest BCUT2D eigenvalue weighted by Gasteiger charge is -2.38. The molecule has 0 fully saturated rings. The summed E-state index contributed by atoms with van der Waals surface area (Å²) < 4.78 is 0. The van der Waals surface area contributed by atoms with Crippen molar-refractivity contribution in [2.75, 3.05) is 11.4 Å². The topological polar surface area (TPSA) is 39.9 Å². The maximum atomic E-state index is 9.11. The fraction of sp³-hybridized carbons (Fsp3) is 0.294. The van der Waals surface area contributed by atoms with Gasteiger partial charge in [0.25, 0.3) is 0 Å². The van der Waals surface area contributed by atoms with Crippen LogP contribution in [0.3, 0.4) is 0 Å². The number of hydrogen-bond donors (Lipinski definition) is 0. The van der Waals surface area contributed by atoms with E-state index >= 15 is 0 Å². The summed E-state index contributed by atoms with van der Waals surface area (Å²) in [5.74, 6) is 0.831. The van der Waals surface area contributed by atoms with Crippen LogP contribution in [0.2, 0.25) is 5.02 Å². The molecule has 1 aliphatic rings. The first-order valence-electron chi connectivity index (χ1n) is 7.15. The molecule has 3 nitrogen and oxygen atoms in total. The normalized spacial score (nSPS) is 17.2. The molecule has 2 heterocycles. The molecule has 0 aliphatic carbocycles. The smallest absolute Gasteiger partial charge is 0.161 e. The Labute approximate surface area is 129 Å². The van der Waals surface area contributed by atoms with Gasteiger partial charge in [-0.2, -0.15) is 5.26 Å². The first-order chi connectivity index (χ1) is 10.2. The van der Waals surface area contributed by atoms with E-state index in [-0.39, 0.29) is 0 Å². The number of fused-ring (bicyclic) bond motifs is 1. The van der Waals surface area contributed by atoms with Gasteiger partial charge in [-0.3, -0.25) is 0 Å². The Bertz CT molecular complexity index is 705. The third-order valence-corrected chi connectivity index (χ3v) is 4.34. The first kappa shape index (κ1) is 13.9. The van der Waals surface area contributed by atoms with Crippen molar-refractivity contribution in [3.63, 3.8) is 0 Å². The predicted molar refractivity (Wildman–Crippen MR) is 84.5 cm³/mol. The molecule has 1 aliphatic heterocycles. The third kappa shape index (κ3) is 2.48. The molecule has 1 aromatic carbocycles. The number of rotatable bonds is 2. The molecule has 0 N–H and O–H groups in total. The van der Waals surface area contributed by atoms with Gasteiger partial charge in [0.1, 0.15) is 11.9 Å². The molecule has 1 aromatic heterocycles. The van der Waals surface area contributed by atoms with E-state index in [0.29, 0.717) is 16.8 Å². The van der Waals surface area contributed by atoms with E-state index in [1.165, 1.54) is 11.1 Å². The number of nitriles is 1. The Balaban J connectivity index is 2.02. The molecule has 106 valence electrons. The molecular weight excluding hydrogens is 282 g/mol. The van der Waals surface area contributed by atoms with Gasteiger partial charge in [0.2, 0.25) is 0 Å². The highest BCUT2D eigenvalue weighted by Crippen LogP contribution is 2.35. The Kier molecular flexibility index (Phi) is 3.81. The zero-order valence-electron chi connectivity index (χ0n) is 11.9. The minimum Gasteiger partial charge on any atom is -0.349 e. The second kappa shape index (κ2) is 5.75. The van der Waals surface area contributed by atoms with Gasteiger partial charge < -0.3 is 4.90 Å². The SMILES string of the molecule is CCC1c2ccccc2CCN1c1ccc(Cl)c(C#N)n1. The van der Waals surface area contributed by atoms with Gasteiger partial charge in [0, 0.05) is 6.54 Å². The summed E-state index contributed by atoms with van der Waals surface area (Å²) in [6.45, 7) is 3.09. The van der Waals surface area contributed by atoms with Crippen molar-refractivity contribution in [1.29, 1.82) is 5.26 Å². The molecule has 0 radical (unpaired) electrons. The van der Waals surface area contributed by atoms with Gasteiger partial charge in [-0.05, 0) is 36.1 Å². The molecule has 21 heavy (non-hydrogen) atoms. The standard InChI is InChI=1S/C17H16ClN3/c1-2-16-13-6-4-3-5-12(13)9-10-21(16)17-8-7-14(18)15(11-19)20-17/h3-8,16H,2,9-10H2,1H3. The summed E-state index contributed by atoms with van der Waals surface area (Å²) >= 11 is 5.98. The maximum Gasteiger partial charge on any atom is 0.161 e. The molecule has 0 amide bonds. The zero-order valence-corrected chi connectivity index (χ0v) is 12.6. The summed E-state index contributed by atoms with van der Waals surface area (Å²) in [6.07, 6.45) is 2.00. The quantitative estimate of drug-likeness (QED) is 0.837. The minimum atomic E-state index is 0.294. The van der Waals surface area contributed by atoms with Crippen molar-refractivity contribution in [1.82, 2.24) is 4.98 Å². The molecule has 0 spiro atoms. The van der Waals surface area contributed by atoms with Gasteiger partial charge in [-0.25, -0.2) is 4.98 Å². The van der Waals surface area contributed by atoms with Crippen LogP contribution in [0.1, 0.15) is 36.2 Å². The van der Waals surface area contributed by atoms with Crippen LogP contribution in [0.5, 0.6) is 0 Å². The monoisotopic (exact) mass is 297 g/mol. The average molecular weight is 298 g/mol. The Hall–Kier alpha value is -2.05. The summed E-state index contributed by atoms with van der Waals surface area (Å²) in [4.78, 5) is 6.70. The summed E-state index contributed by atoms with van der Waals surface area (Å²) in [5, 5.41) is 9.52. The Morgan fingerprint density at radius 1 is 1.33 bits per heavy atom. The van der Waals surface area contributed by atoms with Crippen LogP contribution in [0, 0.1) is 11.3 Å². The minimum absolute atomic E-state index is 0.294. The molecule has 0 saturated heterocycles.